The third kappa shape index (κ3) is 2.13. The molecule has 0 radical (unpaired) electrons. The van der Waals surface area contributed by atoms with E-state index in [9.17, 15) is 0 Å². The summed E-state index contributed by atoms with van der Waals surface area (Å²) >= 11 is 17.4. The number of rotatable bonds is 2. The van der Waals surface area contributed by atoms with Crippen LogP contribution < -0.4 is 10.5 Å². The van der Waals surface area contributed by atoms with Crippen LogP contribution in [0.3, 0.4) is 0 Å². The summed E-state index contributed by atoms with van der Waals surface area (Å²) in [5, 5.41) is 0.962. The van der Waals surface area contributed by atoms with E-state index < -0.39 is 0 Å². The Morgan fingerprint density at radius 3 is 2.46 bits per heavy atom. The fourth-order valence-electron chi connectivity index (χ4n) is 0.863. The number of anilines is 1. The van der Waals surface area contributed by atoms with E-state index >= 15 is 0 Å². The zero-order valence-electron chi connectivity index (χ0n) is 6.90. The summed E-state index contributed by atoms with van der Waals surface area (Å²) in [6.07, 6.45) is 0. The molecule has 0 fully saturated rings. The minimum atomic E-state index is 0.263. The van der Waals surface area contributed by atoms with Gasteiger partial charge in [-0.15, -0.1) is 0 Å². The average molecular weight is 241 g/mol. The van der Waals surface area contributed by atoms with E-state index in [2.05, 4.69) is 0 Å². The molecule has 0 heterocycles. The lowest BCUT2D eigenvalue weighted by atomic mass is 10.3. The summed E-state index contributed by atoms with van der Waals surface area (Å²) < 4.78 is 5.20. The number of halogens is 3. The molecule has 72 valence electrons. The van der Waals surface area contributed by atoms with Gasteiger partial charge in [-0.3, -0.25) is 0 Å². The Kier molecular flexibility index (Phi) is 3.54. The lowest BCUT2D eigenvalue weighted by molar-refractivity contribution is 0.341. The predicted molar refractivity (Wildman–Crippen MR) is 57.1 cm³/mol. The van der Waals surface area contributed by atoms with Crippen LogP contribution in [0.15, 0.2) is 6.07 Å². The molecule has 2 N–H and O–H groups in total. The van der Waals surface area contributed by atoms with Gasteiger partial charge >= 0.3 is 0 Å². The number of nitrogen functional groups attached to an aromatic ring is 1. The topological polar surface area (TPSA) is 35.2 Å². The van der Waals surface area contributed by atoms with Gasteiger partial charge in [-0.1, -0.05) is 34.8 Å². The molecule has 0 bridgehead atoms. The van der Waals surface area contributed by atoms with Gasteiger partial charge in [0.1, 0.15) is 5.02 Å². The molecule has 1 aromatic rings. The molecule has 0 aliphatic rings. The van der Waals surface area contributed by atoms with Gasteiger partial charge in [-0.25, -0.2) is 0 Å². The van der Waals surface area contributed by atoms with Crippen molar-refractivity contribution in [2.45, 2.75) is 6.92 Å². The lowest BCUT2D eigenvalue weighted by Gasteiger charge is -2.10. The molecule has 0 amide bonds. The van der Waals surface area contributed by atoms with Gasteiger partial charge in [-0.2, -0.15) is 0 Å². The van der Waals surface area contributed by atoms with Crippen molar-refractivity contribution < 1.29 is 4.74 Å². The SMILES string of the molecule is CCOc1c(Cl)cc(Cl)c(N)c1Cl. The summed E-state index contributed by atoms with van der Waals surface area (Å²) in [6, 6.07) is 1.51. The minimum absolute atomic E-state index is 0.263. The van der Waals surface area contributed by atoms with Crippen LogP contribution >= 0.6 is 34.8 Å². The Morgan fingerprint density at radius 1 is 1.31 bits per heavy atom. The second kappa shape index (κ2) is 4.27. The van der Waals surface area contributed by atoms with Crippen molar-refractivity contribution in [3.8, 4) is 5.75 Å². The quantitative estimate of drug-likeness (QED) is 0.801. The van der Waals surface area contributed by atoms with Gasteiger partial charge in [-0.05, 0) is 13.0 Å². The summed E-state index contributed by atoms with van der Waals surface area (Å²) in [7, 11) is 0. The molecule has 0 aliphatic heterocycles. The zero-order valence-corrected chi connectivity index (χ0v) is 9.17. The van der Waals surface area contributed by atoms with Crippen molar-refractivity contribution in [1.82, 2.24) is 0 Å². The third-order valence-electron chi connectivity index (χ3n) is 1.45. The molecule has 0 aliphatic carbocycles. The number of benzene rings is 1. The molecule has 2 nitrogen and oxygen atoms in total. The first-order chi connectivity index (χ1) is 6.07. The van der Waals surface area contributed by atoms with Crippen LogP contribution in [0.4, 0.5) is 5.69 Å². The van der Waals surface area contributed by atoms with E-state index in [-0.39, 0.29) is 10.7 Å². The average Bonchev–Trinajstić information content (AvgIpc) is 2.09. The smallest absolute Gasteiger partial charge is 0.158 e. The number of hydrogen-bond acceptors (Lipinski definition) is 2. The van der Waals surface area contributed by atoms with Gasteiger partial charge in [0.15, 0.2) is 5.75 Å². The molecular formula is C8H8Cl3NO. The highest BCUT2D eigenvalue weighted by molar-refractivity contribution is 6.43. The molecule has 0 unspecified atom stereocenters. The largest absolute Gasteiger partial charge is 0.491 e. The highest BCUT2D eigenvalue weighted by Gasteiger charge is 2.13. The summed E-state index contributed by atoms with van der Waals surface area (Å²) in [5.74, 6) is 0.382. The van der Waals surface area contributed by atoms with E-state index in [0.717, 1.165) is 0 Å². The molecule has 5 heteroatoms. The van der Waals surface area contributed by atoms with E-state index in [4.69, 9.17) is 45.3 Å². The van der Waals surface area contributed by atoms with Crippen LogP contribution in [0, 0.1) is 0 Å². The Balaban J connectivity index is 3.26. The molecule has 0 atom stereocenters. The molecule has 1 aromatic carbocycles. The van der Waals surface area contributed by atoms with Gasteiger partial charge < -0.3 is 10.5 Å². The van der Waals surface area contributed by atoms with E-state index in [1.54, 1.807) is 0 Å². The van der Waals surface area contributed by atoms with Crippen LogP contribution in [0.5, 0.6) is 5.75 Å². The standard InChI is InChI=1S/C8H8Cl3NO/c1-2-13-8-5(10)3-4(9)7(12)6(8)11/h3H,2,12H2,1H3. The summed E-state index contributed by atoms with van der Waals surface area (Å²) in [4.78, 5) is 0. The zero-order chi connectivity index (χ0) is 10.0. The van der Waals surface area contributed by atoms with Crippen molar-refractivity contribution in [2.75, 3.05) is 12.3 Å². The predicted octanol–water partition coefficient (Wildman–Crippen LogP) is 3.63. The maximum atomic E-state index is 5.86. The number of nitrogens with two attached hydrogens (primary N) is 1. The van der Waals surface area contributed by atoms with Crippen LogP contribution in [0.2, 0.25) is 15.1 Å². The highest BCUT2D eigenvalue weighted by atomic mass is 35.5. The normalized spacial score (nSPS) is 10.2. The third-order valence-corrected chi connectivity index (χ3v) is 2.42. The fraction of sp³-hybridized carbons (Fsp3) is 0.250. The molecular weight excluding hydrogens is 232 g/mol. The summed E-state index contributed by atoms with van der Waals surface area (Å²) in [6.45, 7) is 2.30. The van der Waals surface area contributed by atoms with E-state index in [0.29, 0.717) is 22.4 Å². The van der Waals surface area contributed by atoms with Crippen LogP contribution in [0.25, 0.3) is 0 Å². The fourth-order valence-corrected chi connectivity index (χ4v) is 1.74. The van der Waals surface area contributed by atoms with E-state index in [1.807, 2.05) is 6.92 Å². The Hall–Kier alpha value is -0.310. The van der Waals surface area contributed by atoms with Gasteiger partial charge in [0.25, 0.3) is 0 Å². The van der Waals surface area contributed by atoms with Gasteiger partial charge in [0.05, 0.1) is 22.3 Å². The Bertz CT molecular complexity index is 328. The van der Waals surface area contributed by atoms with Crippen molar-refractivity contribution in [3.63, 3.8) is 0 Å². The van der Waals surface area contributed by atoms with Crippen molar-refractivity contribution in [3.05, 3.63) is 21.1 Å². The molecule has 1 rings (SSSR count). The first-order valence-corrected chi connectivity index (χ1v) is 4.77. The molecule has 0 aromatic heterocycles. The second-order valence-electron chi connectivity index (χ2n) is 2.33. The van der Waals surface area contributed by atoms with Crippen LogP contribution in [-0.4, -0.2) is 6.61 Å². The first kappa shape index (κ1) is 10.8. The Labute approximate surface area is 91.5 Å². The van der Waals surface area contributed by atoms with E-state index in [1.165, 1.54) is 6.07 Å². The lowest BCUT2D eigenvalue weighted by Crippen LogP contribution is -1.96. The maximum Gasteiger partial charge on any atom is 0.158 e. The van der Waals surface area contributed by atoms with Crippen molar-refractivity contribution >= 4 is 40.5 Å². The molecule has 13 heavy (non-hydrogen) atoms. The first-order valence-electron chi connectivity index (χ1n) is 3.63. The van der Waals surface area contributed by atoms with Crippen molar-refractivity contribution in [1.29, 1.82) is 0 Å². The van der Waals surface area contributed by atoms with Crippen LogP contribution in [-0.2, 0) is 0 Å². The van der Waals surface area contributed by atoms with Crippen LogP contribution in [0.1, 0.15) is 6.92 Å². The van der Waals surface area contributed by atoms with Crippen molar-refractivity contribution in [2.24, 2.45) is 0 Å². The molecule has 0 saturated carbocycles. The maximum absolute atomic E-state index is 5.86. The summed E-state index contributed by atoms with van der Waals surface area (Å²) in [5.41, 5.74) is 5.87. The van der Waals surface area contributed by atoms with Gasteiger partial charge in [0.2, 0.25) is 0 Å². The number of ether oxygens (including phenoxy) is 1. The number of hydrogen-bond donors (Lipinski definition) is 1. The monoisotopic (exact) mass is 239 g/mol. The van der Waals surface area contributed by atoms with Gasteiger partial charge in [0, 0.05) is 0 Å². The molecule has 0 saturated heterocycles. The highest BCUT2D eigenvalue weighted by Crippen LogP contribution is 2.41. The second-order valence-corrected chi connectivity index (χ2v) is 3.52. The minimum Gasteiger partial charge on any atom is -0.491 e. The Morgan fingerprint density at radius 2 is 1.92 bits per heavy atom. The molecule has 0 spiro atoms.